The van der Waals surface area contributed by atoms with Crippen molar-refractivity contribution < 1.29 is 27.7 Å². The molecule has 1 fully saturated rings. The Morgan fingerprint density at radius 3 is 1.93 bits per heavy atom. The summed E-state index contributed by atoms with van der Waals surface area (Å²) in [7, 11) is 0. The van der Waals surface area contributed by atoms with Gasteiger partial charge in [0.25, 0.3) is 0 Å². The van der Waals surface area contributed by atoms with Crippen molar-refractivity contribution in [1.29, 1.82) is 0 Å². The molecule has 0 radical (unpaired) electrons. The van der Waals surface area contributed by atoms with E-state index in [1.807, 2.05) is 6.07 Å². The quantitative estimate of drug-likeness (QED) is 0.218. The van der Waals surface area contributed by atoms with Crippen molar-refractivity contribution >= 4 is 12.0 Å². The van der Waals surface area contributed by atoms with Gasteiger partial charge in [-0.15, -0.1) is 0 Å². The number of benzene rings is 1. The molecule has 1 aliphatic rings. The highest BCUT2D eigenvalue weighted by Gasteiger charge is 2.21. The van der Waals surface area contributed by atoms with E-state index in [0.29, 0.717) is 0 Å². The zero-order chi connectivity index (χ0) is 15.5. The van der Waals surface area contributed by atoms with E-state index >= 15 is 0 Å². The molecule has 0 amide bonds. The second-order valence-corrected chi connectivity index (χ2v) is 7.64. The second kappa shape index (κ2) is 21.5. The van der Waals surface area contributed by atoms with Crippen LogP contribution in [0.2, 0.25) is 0 Å². The predicted molar refractivity (Wildman–Crippen MR) is 110 cm³/mol. The van der Waals surface area contributed by atoms with E-state index in [-0.39, 0.29) is 23.5 Å². The fraction of sp³-hybridized carbons (Fsp3) is 0.700. The molecule has 0 atom stereocenters. The minimum absolute atomic E-state index is 0. The summed E-state index contributed by atoms with van der Waals surface area (Å²) >= 11 is 1.54. The molecule has 1 aliphatic carbocycles. The molecule has 164 valence electrons. The van der Waals surface area contributed by atoms with Gasteiger partial charge in [-0.25, -0.2) is 0 Å². The minimum Gasteiger partial charge on any atom is -0.310 e. The van der Waals surface area contributed by atoms with Gasteiger partial charge in [0.1, 0.15) is 0 Å². The molecule has 0 aliphatic heterocycles. The van der Waals surface area contributed by atoms with Crippen molar-refractivity contribution in [3.8, 4) is 0 Å². The second-order valence-electron chi connectivity index (χ2n) is 6.77. The first kappa shape index (κ1) is 33.7. The van der Waals surface area contributed by atoms with E-state index in [1.54, 1.807) is 0 Å². The maximum atomic E-state index is 5.84. The van der Waals surface area contributed by atoms with Crippen molar-refractivity contribution in [3.05, 3.63) is 30.3 Å². The third kappa shape index (κ3) is 14.9. The standard InChI is InChI=1S/C20H32OS.5FH/c1-2-3-4-5-7-10-18-13-15-19(16-14-18)17-21-22-20-11-8-6-9-12-20;;;;;/h6,8-9,11-12,18-19H,2-5,7,10,13-17H2,1H3;5*1H. The first-order valence-electron chi connectivity index (χ1n) is 9.23. The molecule has 0 bridgehead atoms. The normalized spacial score (nSPS) is 17.8. The van der Waals surface area contributed by atoms with Gasteiger partial charge in [-0.1, -0.05) is 76.5 Å². The van der Waals surface area contributed by atoms with Crippen LogP contribution in [0.3, 0.4) is 0 Å². The SMILES string of the molecule is CCCCCCCC1CCC(COSc2ccccc2)CC1.F.F.F.F.F. The van der Waals surface area contributed by atoms with Gasteiger partial charge in [0.05, 0.1) is 6.61 Å². The third-order valence-corrected chi connectivity index (χ3v) is 5.60. The fourth-order valence-corrected chi connectivity index (χ4v) is 4.06. The Hall–Kier alpha value is -0.820. The van der Waals surface area contributed by atoms with E-state index in [0.717, 1.165) is 18.4 Å². The van der Waals surface area contributed by atoms with Gasteiger partial charge in [-0.2, -0.15) is 0 Å². The third-order valence-electron chi connectivity index (χ3n) is 4.88. The van der Waals surface area contributed by atoms with Crippen molar-refractivity contribution in [2.24, 2.45) is 11.8 Å². The first-order valence-corrected chi connectivity index (χ1v) is 9.97. The number of hydrogen-bond donors (Lipinski definition) is 0. The van der Waals surface area contributed by atoms with Gasteiger partial charge >= 0.3 is 0 Å². The Labute approximate surface area is 165 Å². The Morgan fingerprint density at radius 2 is 1.33 bits per heavy atom. The minimum atomic E-state index is 0. The highest BCUT2D eigenvalue weighted by molar-refractivity contribution is 7.94. The van der Waals surface area contributed by atoms with Crippen LogP contribution >= 0.6 is 12.0 Å². The van der Waals surface area contributed by atoms with Crippen LogP contribution in [-0.4, -0.2) is 6.61 Å². The van der Waals surface area contributed by atoms with E-state index in [4.69, 9.17) is 4.18 Å². The highest BCUT2D eigenvalue weighted by atomic mass is 32.2. The molecular formula is C20H37F5OS. The summed E-state index contributed by atoms with van der Waals surface area (Å²) in [6.45, 7) is 3.21. The van der Waals surface area contributed by atoms with Crippen LogP contribution in [0.15, 0.2) is 35.2 Å². The molecule has 1 saturated carbocycles. The molecule has 0 unspecified atom stereocenters. The molecule has 1 nitrogen and oxygen atoms in total. The average molecular weight is 421 g/mol. The maximum Gasteiger partial charge on any atom is 0.0646 e. The molecule has 0 N–H and O–H groups in total. The maximum absolute atomic E-state index is 5.84. The van der Waals surface area contributed by atoms with Gasteiger partial charge in [-0.05, 0) is 36.8 Å². The molecule has 0 saturated heterocycles. The summed E-state index contributed by atoms with van der Waals surface area (Å²) in [5.41, 5.74) is 0. The van der Waals surface area contributed by atoms with Crippen LogP contribution in [0.25, 0.3) is 0 Å². The van der Waals surface area contributed by atoms with Crippen LogP contribution in [-0.2, 0) is 4.18 Å². The van der Waals surface area contributed by atoms with Gasteiger partial charge in [0.2, 0.25) is 0 Å². The van der Waals surface area contributed by atoms with E-state index in [1.165, 1.54) is 81.1 Å². The van der Waals surface area contributed by atoms with Gasteiger partial charge in [-0.3, -0.25) is 23.5 Å². The molecule has 1 aromatic rings. The number of halogens is 5. The monoisotopic (exact) mass is 420 g/mol. The van der Waals surface area contributed by atoms with Gasteiger partial charge in [0, 0.05) is 16.9 Å². The van der Waals surface area contributed by atoms with Crippen LogP contribution in [0.5, 0.6) is 0 Å². The fourth-order valence-electron chi connectivity index (χ4n) is 3.40. The topological polar surface area (TPSA) is 9.23 Å². The molecular weight excluding hydrogens is 383 g/mol. The van der Waals surface area contributed by atoms with E-state index in [2.05, 4.69) is 31.2 Å². The molecule has 0 spiro atoms. The largest absolute Gasteiger partial charge is 0.310 e. The van der Waals surface area contributed by atoms with Crippen LogP contribution in [0.1, 0.15) is 71.1 Å². The van der Waals surface area contributed by atoms with Crippen LogP contribution in [0.4, 0.5) is 23.5 Å². The van der Waals surface area contributed by atoms with Crippen LogP contribution < -0.4 is 0 Å². The Bertz CT molecular complexity index is 389. The Morgan fingerprint density at radius 1 is 0.778 bits per heavy atom. The number of unbranched alkanes of at least 4 members (excludes halogenated alkanes) is 4. The van der Waals surface area contributed by atoms with E-state index < -0.39 is 0 Å². The molecule has 0 aromatic heterocycles. The van der Waals surface area contributed by atoms with Gasteiger partial charge in [0.15, 0.2) is 0 Å². The Balaban J connectivity index is -0.000000529. The lowest BCUT2D eigenvalue weighted by molar-refractivity contribution is 0.194. The zero-order valence-electron chi connectivity index (χ0n) is 16.2. The van der Waals surface area contributed by atoms with Crippen molar-refractivity contribution in [2.45, 2.75) is 76.0 Å². The van der Waals surface area contributed by atoms with Crippen LogP contribution in [0, 0.1) is 11.8 Å². The molecule has 0 heterocycles. The van der Waals surface area contributed by atoms with Crippen molar-refractivity contribution in [3.63, 3.8) is 0 Å². The summed E-state index contributed by atoms with van der Waals surface area (Å²) in [6, 6.07) is 10.4. The molecule has 1 aromatic carbocycles. The van der Waals surface area contributed by atoms with Gasteiger partial charge < -0.3 is 4.18 Å². The number of hydrogen-bond acceptors (Lipinski definition) is 2. The first-order chi connectivity index (χ1) is 10.9. The molecule has 27 heavy (non-hydrogen) atoms. The summed E-state index contributed by atoms with van der Waals surface area (Å²) in [4.78, 5) is 1.21. The smallest absolute Gasteiger partial charge is 0.0646 e. The Kier molecular flexibility index (Phi) is 26.8. The summed E-state index contributed by atoms with van der Waals surface area (Å²) in [5.74, 6) is 1.78. The van der Waals surface area contributed by atoms with Crippen molar-refractivity contribution in [2.75, 3.05) is 6.61 Å². The van der Waals surface area contributed by atoms with E-state index in [9.17, 15) is 0 Å². The lowest BCUT2D eigenvalue weighted by Gasteiger charge is -2.28. The summed E-state index contributed by atoms with van der Waals surface area (Å²) < 4.78 is 5.84. The molecule has 2 rings (SSSR count). The number of rotatable bonds is 10. The summed E-state index contributed by atoms with van der Waals surface area (Å²) in [5, 5.41) is 0. The lowest BCUT2D eigenvalue weighted by Crippen LogP contribution is -2.17. The average Bonchev–Trinajstić information content (AvgIpc) is 2.57. The molecule has 7 heteroatoms. The predicted octanol–water partition coefficient (Wildman–Crippen LogP) is 7.64. The highest BCUT2D eigenvalue weighted by Crippen LogP contribution is 2.33. The zero-order valence-corrected chi connectivity index (χ0v) is 17.0. The summed E-state index contributed by atoms with van der Waals surface area (Å²) in [6.07, 6.45) is 14.2. The lowest BCUT2D eigenvalue weighted by atomic mass is 9.80. The van der Waals surface area contributed by atoms with Crippen molar-refractivity contribution in [1.82, 2.24) is 0 Å².